The summed E-state index contributed by atoms with van der Waals surface area (Å²) >= 11 is 4.85. The molecule has 0 bridgehead atoms. The summed E-state index contributed by atoms with van der Waals surface area (Å²) in [7, 11) is 0. The van der Waals surface area contributed by atoms with Crippen LogP contribution in [0, 0.1) is 11.3 Å². The fourth-order valence-corrected chi connectivity index (χ4v) is 3.32. The standard InChI is InChI=1S/C20H16BrN3OS/c1-2-25-18-9-3-14(4-10-18)19-13-26-20(24-19)15(11-22)12-23-17-7-5-16(21)6-8-17/h3-10,12-13,23H,2H2,1H3/b15-12-. The molecule has 1 aromatic heterocycles. The van der Waals surface area contributed by atoms with E-state index in [-0.39, 0.29) is 0 Å². The van der Waals surface area contributed by atoms with Crippen molar-refractivity contribution in [3.63, 3.8) is 0 Å². The van der Waals surface area contributed by atoms with E-state index in [1.807, 2.05) is 60.8 Å². The van der Waals surface area contributed by atoms with Gasteiger partial charge in [-0.25, -0.2) is 4.98 Å². The van der Waals surface area contributed by atoms with Crippen molar-refractivity contribution in [3.05, 3.63) is 69.6 Å². The summed E-state index contributed by atoms with van der Waals surface area (Å²) in [5.74, 6) is 0.836. The van der Waals surface area contributed by atoms with Gasteiger partial charge in [-0.1, -0.05) is 15.9 Å². The summed E-state index contributed by atoms with van der Waals surface area (Å²) in [5.41, 5.74) is 3.24. The molecule has 1 N–H and O–H groups in total. The number of hydrogen-bond acceptors (Lipinski definition) is 5. The third-order valence-corrected chi connectivity index (χ3v) is 4.95. The Labute approximate surface area is 164 Å². The number of rotatable bonds is 6. The second-order valence-corrected chi connectivity index (χ2v) is 7.09. The lowest BCUT2D eigenvalue weighted by molar-refractivity contribution is 0.340. The lowest BCUT2D eigenvalue weighted by Crippen LogP contribution is -1.91. The van der Waals surface area contributed by atoms with Crippen molar-refractivity contribution in [2.24, 2.45) is 0 Å². The Bertz CT molecular complexity index is 940. The summed E-state index contributed by atoms with van der Waals surface area (Å²) in [5, 5.41) is 15.2. The van der Waals surface area contributed by atoms with Gasteiger partial charge in [-0.15, -0.1) is 11.3 Å². The van der Waals surface area contributed by atoms with Crippen LogP contribution in [0.2, 0.25) is 0 Å². The molecule has 0 aliphatic heterocycles. The normalized spacial score (nSPS) is 11.0. The van der Waals surface area contributed by atoms with Crippen molar-refractivity contribution in [2.75, 3.05) is 11.9 Å². The van der Waals surface area contributed by atoms with E-state index in [2.05, 4.69) is 32.3 Å². The first-order valence-corrected chi connectivity index (χ1v) is 9.68. The van der Waals surface area contributed by atoms with Gasteiger partial charge in [0.15, 0.2) is 0 Å². The average Bonchev–Trinajstić information content (AvgIpc) is 3.15. The van der Waals surface area contributed by atoms with E-state index < -0.39 is 0 Å². The number of halogens is 1. The van der Waals surface area contributed by atoms with E-state index >= 15 is 0 Å². The summed E-state index contributed by atoms with van der Waals surface area (Å²) in [6.07, 6.45) is 1.68. The number of benzene rings is 2. The van der Waals surface area contributed by atoms with Crippen LogP contribution in [0.25, 0.3) is 16.8 Å². The maximum absolute atomic E-state index is 9.46. The van der Waals surface area contributed by atoms with Crippen LogP contribution >= 0.6 is 27.3 Å². The van der Waals surface area contributed by atoms with Crippen LogP contribution in [0.1, 0.15) is 11.9 Å². The molecule has 4 nitrogen and oxygen atoms in total. The molecule has 0 aliphatic carbocycles. The second-order valence-electron chi connectivity index (χ2n) is 5.32. The maximum atomic E-state index is 9.46. The number of ether oxygens (including phenoxy) is 1. The van der Waals surface area contributed by atoms with Gasteiger partial charge in [0.05, 0.1) is 12.3 Å². The van der Waals surface area contributed by atoms with Crippen LogP contribution in [-0.4, -0.2) is 11.6 Å². The minimum absolute atomic E-state index is 0.495. The molecule has 130 valence electrons. The molecule has 0 spiro atoms. The monoisotopic (exact) mass is 425 g/mol. The molecule has 0 amide bonds. The van der Waals surface area contributed by atoms with Gasteiger partial charge in [-0.2, -0.15) is 5.26 Å². The van der Waals surface area contributed by atoms with E-state index in [4.69, 9.17) is 4.74 Å². The van der Waals surface area contributed by atoms with Crippen molar-refractivity contribution in [1.29, 1.82) is 5.26 Å². The van der Waals surface area contributed by atoms with Crippen LogP contribution < -0.4 is 10.1 Å². The van der Waals surface area contributed by atoms with Gasteiger partial charge in [0.2, 0.25) is 0 Å². The molecule has 6 heteroatoms. The average molecular weight is 426 g/mol. The molecule has 0 atom stereocenters. The first kappa shape index (κ1) is 18.2. The highest BCUT2D eigenvalue weighted by Gasteiger charge is 2.09. The van der Waals surface area contributed by atoms with Gasteiger partial charge >= 0.3 is 0 Å². The molecule has 0 saturated heterocycles. The first-order valence-electron chi connectivity index (χ1n) is 8.01. The quantitative estimate of drug-likeness (QED) is 0.495. The van der Waals surface area contributed by atoms with Crippen molar-refractivity contribution in [3.8, 4) is 23.1 Å². The Morgan fingerprint density at radius 3 is 2.62 bits per heavy atom. The largest absolute Gasteiger partial charge is 0.494 e. The zero-order chi connectivity index (χ0) is 18.4. The zero-order valence-corrected chi connectivity index (χ0v) is 16.5. The summed E-state index contributed by atoms with van der Waals surface area (Å²) < 4.78 is 6.46. The summed E-state index contributed by atoms with van der Waals surface area (Å²) in [6.45, 7) is 2.60. The van der Waals surface area contributed by atoms with Gasteiger partial charge in [-0.3, -0.25) is 0 Å². The van der Waals surface area contributed by atoms with E-state index in [1.54, 1.807) is 6.20 Å². The molecule has 3 aromatic rings. The van der Waals surface area contributed by atoms with Crippen molar-refractivity contribution in [1.82, 2.24) is 4.98 Å². The van der Waals surface area contributed by atoms with E-state index in [9.17, 15) is 5.26 Å². The fraction of sp³-hybridized carbons (Fsp3) is 0.100. The number of thiazole rings is 1. The highest BCUT2D eigenvalue weighted by atomic mass is 79.9. The number of allylic oxidation sites excluding steroid dienone is 1. The smallest absolute Gasteiger partial charge is 0.136 e. The molecule has 2 aromatic carbocycles. The van der Waals surface area contributed by atoms with Crippen molar-refractivity contribution >= 4 is 38.5 Å². The van der Waals surface area contributed by atoms with Gasteiger partial charge < -0.3 is 10.1 Å². The lowest BCUT2D eigenvalue weighted by Gasteiger charge is -2.03. The SMILES string of the molecule is CCOc1ccc(-c2csc(/C(C#N)=C\Nc3ccc(Br)cc3)n2)cc1. The van der Waals surface area contributed by atoms with Crippen LogP contribution in [0.15, 0.2) is 64.6 Å². The minimum Gasteiger partial charge on any atom is -0.494 e. The van der Waals surface area contributed by atoms with Gasteiger partial charge in [-0.05, 0) is 55.5 Å². The zero-order valence-electron chi connectivity index (χ0n) is 14.1. The van der Waals surface area contributed by atoms with Crippen LogP contribution in [0.5, 0.6) is 5.75 Å². The molecule has 26 heavy (non-hydrogen) atoms. The number of nitrogens with one attached hydrogen (secondary N) is 1. The topological polar surface area (TPSA) is 57.9 Å². The maximum Gasteiger partial charge on any atom is 0.136 e. The summed E-state index contributed by atoms with van der Waals surface area (Å²) in [6, 6.07) is 17.7. The van der Waals surface area contributed by atoms with Gasteiger partial charge in [0, 0.05) is 27.3 Å². The van der Waals surface area contributed by atoms with Crippen molar-refractivity contribution < 1.29 is 4.74 Å². The Balaban J connectivity index is 1.77. The number of anilines is 1. The fourth-order valence-electron chi connectivity index (χ4n) is 2.26. The molecule has 0 fully saturated rings. The second kappa shape index (κ2) is 8.65. The Hall–Kier alpha value is -2.62. The number of aromatic nitrogens is 1. The predicted octanol–water partition coefficient (Wildman–Crippen LogP) is 5.95. The summed E-state index contributed by atoms with van der Waals surface area (Å²) in [4.78, 5) is 4.59. The molecule has 0 radical (unpaired) electrons. The third kappa shape index (κ3) is 4.51. The molecule has 3 rings (SSSR count). The highest BCUT2D eigenvalue weighted by Crippen LogP contribution is 2.27. The van der Waals surface area contributed by atoms with Crippen LogP contribution in [0.3, 0.4) is 0 Å². The number of hydrogen-bond donors (Lipinski definition) is 1. The Kier molecular flexibility index (Phi) is 6.05. The minimum atomic E-state index is 0.495. The number of nitrogens with zero attached hydrogens (tertiary/aromatic N) is 2. The van der Waals surface area contributed by atoms with E-state index in [1.165, 1.54) is 11.3 Å². The van der Waals surface area contributed by atoms with E-state index in [0.717, 1.165) is 27.2 Å². The lowest BCUT2D eigenvalue weighted by atomic mass is 10.2. The van der Waals surface area contributed by atoms with Gasteiger partial charge in [0.25, 0.3) is 0 Å². The number of nitriles is 1. The van der Waals surface area contributed by atoms with E-state index in [0.29, 0.717) is 17.2 Å². The van der Waals surface area contributed by atoms with Crippen LogP contribution in [0.4, 0.5) is 5.69 Å². The molecule has 0 unspecified atom stereocenters. The van der Waals surface area contributed by atoms with Crippen LogP contribution in [-0.2, 0) is 0 Å². The molecular formula is C20H16BrN3OS. The molecule has 1 heterocycles. The molecule has 0 saturated carbocycles. The third-order valence-electron chi connectivity index (χ3n) is 3.54. The first-order chi connectivity index (χ1) is 12.7. The predicted molar refractivity (Wildman–Crippen MR) is 110 cm³/mol. The highest BCUT2D eigenvalue weighted by molar-refractivity contribution is 9.10. The molecule has 0 aliphatic rings. The Morgan fingerprint density at radius 1 is 1.23 bits per heavy atom. The van der Waals surface area contributed by atoms with Crippen molar-refractivity contribution in [2.45, 2.75) is 6.92 Å². The Morgan fingerprint density at radius 2 is 1.96 bits per heavy atom. The van der Waals surface area contributed by atoms with Gasteiger partial charge in [0.1, 0.15) is 22.4 Å². The molecular weight excluding hydrogens is 410 g/mol.